The van der Waals surface area contributed by atoms with Gasteiger partial charge in [0.25, 0.3) is 5.91 Å². The van der Waals surface area contributed by atoms with Gasteiger partial charge in [0, 0.05) is 14.8 Å². The molecule has 0 aromatic heterocycles. The number of carbonyl (C=O) groups is 2. The molecule has 0 saturated carbocycles. The molecule has 0 radical (unpaired) electrons. The Kier molecular flexibility index (Phi) is 6.14. The molecule has 2 unspecified atom stereocenters. The molecule has 0 aliphatic carbocycles. The van der Waals surface area contributed by atoms with Gasteiger partial charge in [0.1, 0.15) is 5.37 Å². The second kappa shape index (κ2) is 9.06. The zero-order valence-electron chi connectivity index (χ0n) is 18.1. The molecule has 2 aliphatic rings. The third-order valence-electron chi connectivity index (χ3n) is 5.75. The first-order valence-electron chi connectivity index (χ1n) is 10.6. The Morgan fingerprint density at radius 2 is 1.76 bits per heavy atom. The number of hydrogen-bond acceptors (Lipinski definition) is 5. The Hall–Kier alpha value is -2.45. The van der Waals surface area contributed by atoms with Gasteiger partial charge in [-0.3, -0.25) is 19.5 Å². The number of hydrazine groups is 1. The smallest absolute Gasteiger partial charge is 0.250 e. The van der Waals surface area contributed by atoms with E-state index in [2.05, 4.69) is 5.43 Å². The summed E-state index contributed by atoms with van der Waals surface area (Å²) in [7, 11) is 0. The number of thioether (sulfide) groups is 1. The predicted molar refractivity (Wildman–Crippen MR) is 135 cm³/mol. The number of amides is 2. The Labute approximate surface area is 206 Å². The van der Waals surface area contributed by atoms with E-state index in [9.17, 15) is 9.59 Å². The van der Waals surface area contributed by atoms with Crippen LogP contribution in [0.4, 0.5) is 11.4 Å². The number of halogens is 1. The molecular formula is C25H22ClN3O2S2. The number of aryl methyl sites for hydroxylation is 1. The van der Waals surface area contributed by atoms with Crippen molar-refractivity contribution in [3.63, 3.8) is 0 Å². The number of rotatable bonds is 4. The van der Waals surface area contributed by atoms with Gasteiger partial charge in [-0.25, -0.2) is 5.43 Å². The van der Waals surface area contributed by atoms with Crippen LogP contribution in [0.15, 0.2) is 76.5 Å². The lowest BCUT2D eigenvalue weighted by Gasteiger charge is -2.32. The summed E-state index contributed by atoms with van der Waals surface area (Å²) in [5, 5.41) is 1.80. The van der Waals surface area contributed by atoms with E-state index in [1.54, 1.807) is 33.4 Å². The first-order valence-corrected chi connectivity index (χ1v) is 12.7. The Morgan fingerprint density at radius 3 is 2.58 bits per heavy atom. The van der Waals surface area contributed by atoms with E-state index in [-0.39, 0.29) is 29.0 Å². The highest BCUT2D eigenvalue weighted by Gasteiger charge is 2.40. The fourth-order valence-corrected chi connectivity index (χ4v) is 6.62. The average Bonchev–Trinajstić information content (AvgIpc) is 3.09. The normalized spacial score (nSPS) is 19.4. The number of hydrogen-bond donors (Lipinski definition) is 1. The second-order valence-electron chi connectivity index (χ2n) is 7.94. The monoisotopic (exact) mass is 495 g/mol. The maximum absolute atomic E-state index is 13.6. The summed E-state index contributed by atoms with van der Waals surface area (Å²) in [6, 6.07) is 21.4. The van der Waals surface area contributed by atoms with Crippen molar-refractivity contribution in [1.82, 2.24) is 10.4 Å². The lowest BCUT2D eigenvalue weighted by molar-refractivity contribution is -0.133. The zero-order chi connectivity index (χ0) is 23.1. The number of anilines is 2. The number of benzene rings is 3. The number of nitrogens with zero attached hydrogens (tertiary/aromatic N) is 2. The minimum atomic E-state index is -0.191. The van der Waals surface area contributed by atoms with Gasteiger partial charge in [-0.1, -0.05) is 59.8 Å². The maximum Gasteiger partial charge on any atom is 0.250 e. The molecule has 2 heterocycles. The van der Waals surface area contributed by atoms with E-state index in [1.165, 1.54) is 0 Å². The van der Waals surface area contributed by atoms with Gasteiger partial charge in [0.15, 0.2) is 0 Å². The zero-order valence-corrected chi connectivity index (χ0v) is 20.5. The van der Waals surface area contributed by atoms with E-state index in [4.69, 9.17) is 11.6 Å². The summed E-state index contributed by atoms with van der Waals surface area (Å²) in [4.78, 5) is 30.1. The summed E-state index contributed by atoms with van der Waals surface area (Å²) in [6.45, 7) is 3.92. The molecular weight excluding hydrogens is 474 g/mol. The molecule has 2 aliphatic heterocycles. The average molecular weight is 496 g/mol. The van der Waals surface area contributed by atoms with E-state index in [0.29, 0.717) is 5.02 Å². The van der Waals surface area contributed by atoms with Crippen molar-refractivity contribution in [3.05, 3.63) is 82.9 Å². The summed E-state index contributed by atoms with van der Waals surface area (Å²) < 4.78 is 0. The molecule has 5 nitrogen and oxygen atoms in total. The van der Waals surface area contributed by atoms with Crippen LogP contribution in [0.5, 0.6) is 0 Å². The van der Waals surface area contributed by atoms with Crippen LogP contribution in [0.25, 0.3) is 0 Å². The largest absolute Gasteiger partial charge is 0.278 e. The Bertz CT molecular complexity index is 1250. The fraction of sp³-hybridized carbons (Fsp3) is 0.200. The van der Waals surface area contributed by atoms with Crippen LogP contribution in [0.3, 0.4) is 0 Å². The van der Waals surface area contributed by atoms with Gasteiger partial charge < -0.3 is 0 Å². The summed E-state index contributed by atoms with van der Waals surface area (Å²) in [5.74, 6) is -0.189. The highest BCUT2D eigenvalue weighted by Crippen LogP contribution is 2.49. The first kappa shape index (κ1) is 22.3. The van der Waals surface area contributed by atoms with Crippen molar-refractivity contribution in [3.8, 4) is 0 Å². The highest BCUT2D eigenvalue weighted by molar-refractivity contribution is 8.01. The molecule has 1 saturated heterocycles. The third-order valence-corrected chi connectivity index (χ3v) is 8.44. The summed E-state index contributed by atoms with van der Waals surface area (Å²) in [6.07, 6.45) is 0. The minimum absolute atomic E-state index is 0.0215. The first-order chi connectivity index (χ1) is 15.9. The van der Waals surface area contributed by atoms with Gasteiger partial charge in [-0.15, -0.1) is 11.8 Å². The Morgan fingerprint density at radius 1 is 1.03 bits per heavy atom. The molecule has 3 aromatic carbocycles. The molecule has 1 fully saturated rings. The molecule has 2 amide bonds. The van der Waals surface area contributed by atoms with E-state index in [1.807, 2.05) is 80.6 Å². The molecule has 1 N–H and O–H groups in total. The van der Waals surface area contributed by atoms with Gasteiger partial charge in [0.05, 0.1) is 23.2 Å². The lowest BCUT2D eigenvalue weighted by Crippen LogP contribution is -2.47. The molecule has 8 heteroatoms. The second-order valence-corrected chi connectivity index (χ2v) is 10.9. The minimum Gasteiger partial charge on any atom is -0.278 e. The van der Waals surface area contributed by atoms with E-state index in [0.717, 1.165) is 32.3 Å². The predicted octanol–water partition coefficient (Wildman–Crippen LogP) is 5.95. The molecule has 0 spiro atoms. The van der Waals surface area contributed by atoms with Crippen LogP contribution in [0.2, 0.25) is 5.02 Å². The molecule has 168 valence electrons. The van der Waals surface area contributed by atoms with Crippen LogP contribution in [0, 0.1) is 6.92 Å². The van der Waals surface area contributed by atoms with Gasteiger partial charge >= 0.3 is 0 Å². The summed E-state index contributed by atoms with van der Waals surface area (Å²) >= 11 is 9.47. The topological polar surface area (TPSA) is 52.7 Å². The number of fused-ring (bicyclic) bond motifs is 2. The molecule has 0 bridgehead atoms. The van der Waals surface area contributed by atoms with Gasteiger partial charge in [-0.05, 0) is 55.3 Å². The van der Waals surface area contributed by atoms with E-state index >= 15 is 0 Å². The standard InChI is InChI=1S/C25H22ClN3O2S2/c1-15-7-3-4-8-18(15)25-29(24(31)16(2)32-25)27-14-23(30)28-19-9-5-6-10-21(19)33-22-12-11-17(26)13-20(22)28/h3-13,16,25,27H,14H2,1-2H3. The van der Waals surface area contributed by atoms with Crippen LogP contribution in [0.1, 0.15) is 23.4 Å². The van der Waals surface area contributed by atoms with Crippen LogP contribution < -0.4 is 10.3 Å². The van der Waals surface area contributed by atoms with E-state index < -0.39 is 0 Å². The third kappa shape index (κ3) is 4.15. The van der Waals surface area contributed by atoms with Crippen molar-refractivity contribution in [2.45, 2.75) is 34.3 Å². The van der Waals surface area contributed by atoms with Crippen LogP contribution in [-0.2, 0) is 9.59 Å². The SMILES string of the molecule is Cc1ccccc1C1SC(C)C(=O)N1NCC(=O)N1c2ccccc2Sc2ccc(Cl)cc21. The molecule has 33 heavy (non-hydrogen) atoms. The number of nitrogens with one attached hydrogen (secondary N) is 1. The van der Waals surface area contributed by atoms with Gasteiger partial charge in [-0.2, -0.15) is 0 Å². The Balaban J connectivity index is 1.43. The van der Waals surface area contributed by atoms with Gasteiger partial charge in [0.2, 0.25) is 5.91 Å². The lowest BCUT2D eigenvalue weighted by atomic mass is 10.1. The summed E-state index contributed by atoms with van der Waals surface area (Å²) in [5.41, 5.74) is 6.89. The highest BCUT2D eigenvalue weighted by atomic mass is 35.5. The maximum atomic E-state index is 13.6. The van der Waals surface area contributed by atoms with Crippen molar-refractivity contribution in [2.24, 2.45) is 0 Å². The molecule has 3 aromatic rings. The van der Waals surface area contributed by atoms with Crippen molar-refractivity contribution in [1.29, 1.82) is 0 Å². The molecule has 2 atom stereocenters. The van der Waals surface area contributed by atoms with Crippen LogP contribution in [-0.4, -0.2) is 28.6 Å². The van der Waals surface area contributed by atoms with Crippen LogP contribution >= 0.6 is 35.1 Å². The van der Waals surface area contributed by atoms with Crippen molar-refractivity contribution >= 4 is 58.3 Å². The van der Waals surface area contributed by atoms with Crippen molar-refractivity contribution in [2.75, 3.05) is 11.4 Å². The van der Waals surface area contributed by atoms with Crippen molar-refractivity contribution < 1.29 is 9.59 Å². The fourth-order valence-electron chi connectivity index (χ4n) is 4.09. The quantitative estimate of drug-likeness (QED) is 0.485. The number of para-hydroxylation sites is 1. The number of carbonyl (C=O) groups excluding carboxylic acids is 2. The molecule has 5 rings (SSSR count).